The first-order valence-electron chi connectivity index (χ1n) is 5.37. The summed E-state index contributed by atoms with van der Waals surface area (Å²) in [5.74, 6) is 0. The maximum Gasteiger partial charge on any atom is 0.0820 e. The Morgan fingerprint density at radius 1 is 1.47 bits per heavy atom. The van der Waals surface area contributed by atoms with Crippen molar-refractivity contribution in [1.29, 1.82) is 0 Å². The second-order valence-electron chi connectivity index (χ2n) is 3.79. The minimum absolute atomic E-state index is 0.693. The summed E-state index contributed by atoms with van der Waals surface area (Å²) in [5.41, 5.74) is 2.55. The van der Waals surface area contributed by atoms with Crippen LogP contribution in [-0.2, 0) is 0 Å². The monoisotopic (exact) mass is 222 g/mol. The largest absolute Gasteiger partial charge is 0.383 e. The Morgan fingerprint density at radius 3 is 3.13 bits per heavy atom. The van der Waals surface area contributed by atoms with Gasteiger partial charge >= 0.3 is 0 Å². The van der Waals surface area contributed by atoms with Gasteiger partial charge in [-0.15, -0.1) is 0 Å². The molecule has 0 aromatic carbocycles. The molecule has 2 rings (SSSR count). The third-order valence-corrected chi connectivity index (χ3v) is 2.97. The van der Waals surface area contributed by atoms with Crippen LogP contribution in [0, 0.1) is 0 Å². The van der Waals surface area contributed by atoms with Gasteiger partial charge in [-0.3, -0.25) is 4.98 Å². The molecule has 3 heteroatoms. The topological polar surface area (TPSA) is 24.9 Å². The third-order valence-electron chi connectivity index (χ3n) is 2.67. The van der Waals surface area contributed by atoms with Crippen molar-refractivity contribution in [3.8, 4) is 0 Å². The first-order valence-corrected chi connectivity index (χ1v) is 5.75. The van der Waals surface area contributed by atoms with Crippen molar-refractivity contribution in [1.82, 2.24) is 4.98 Å². The summed E-state index contributed by atoms with van der Waals surface area (Å²) in [4.78, 5) is 3.95. The SMILES string of the molecule is Clc1cnccc1NCCC1=CCCC1. The number of halogens is 1. The number of nitrogens with zero attached hydrogens (tertiary/aromatic N) is 1. The Kier molecular flexibility index (Phi) is 3.62. The molecule has 1 aromatic heterocycles. The molecule has 0 saturated carbocycles. The molecule has 0 fully saturated rings. The van der Waals surface area contributed by atoms with Crippen LogP contribution in [0.4, 0.5) is 5.69 Å². The van der Waals surface area contributed by atoms with Gasteiger partial charge in [0, 0.05) is 18.9 Å². The zero-order valence-corrected chi connectivity index (χ0v) is 9.43. The van der Waals surface area contributed by atoms with Crippen LogP contribution in [0.25, 0.3) is 0 Å². The van der Waals surface area contributed by atoms with Gasteiger partial charge in [-0.05, 0) is 31.7 Å². The van der Waals surface area contributed by atoms with E-state index in [0.29, 0.717) is 5.02 Å². The van der Waals surface area contributed by atoms with Gasteiger partial charge < -0.3 is 5.32 Å². The molecule has 1 aliphatic carbocycles. The highest BCUT2D eigenvalue weighted by Crippen LogP contribution is 2.22. The second-order valence-corrected chi connectivity index (χ2v) is 4.19. The van der Waals surface area contributed by atoms with Crippen molar-refractivity contribution in [3.05, 3.63) is 35.1 Å². The van der Waals surface area contributed by atoms with E-state index in [1.54, 1.807) is 18.0 Å². The minimum Gasteiger partial charge on any atom is -0.383 e. The lowest BCUT2D eigenvalue weighted by Gasteiger charge is -2.07. The molecule has 0 unspecified atom stereocenters. The number of allylic oxidation sites excluding steroid dienone is 1. The molecule has 2 nitrogen and oxygen atoms in total. The third kappa shape index (κ3) is 2.96. The molecular weight excluding hydrogens is 208 g/mol. The quantitative estimate of drug-likeness (QED) is 0.787. The summed E-state index contributed by atoms with van der Waals surface area (Å²) in [6, 6.07) is 1.91. The maximum atomic E-state index is 5.98. The summed E-state index contributed by atoms with van der Waals surface area (Å²) < 4.78 is 0. The van der Waals surface area contributed by atoms with Crippen molar-refractivity contribution in [3.63, 3.8) is 0 Å². The van der Waals surface area contributed by atoms with Gasteiger partial charge in [0.2, 0.25) is 0 Å². The molecule has 0 saturated heterocycles. The molecule has 15 heavy (non-hydrogen) atoms. The Morgan fingerprint density at radius 2 is 2.40 bits per heavy atom. The number of nitrogens with one attached hydrogen (secondary N) is 1. The smallest absolute Gasteiger partial charge is 0.0820 e. The number of pyridine rings is 1. The van der Waals surface area contributed by atoms with E-state index in [1.807, 2.05) is 6.07 Å². The zero-order chi connectivity index (χ0) is 10.5. The lowest BCUT2D eigenvalue weighted by molar-refractivity contribution is 0.863. The molecule has 0 atom stereocenters. The van der Waals surface area contributed by atoms with Gasteiger partial charge in [0.15, 0.2) is 0 Å². The summed E-state index contributed by atoms with van der Waals surface area (Å²) >= 11 is 5.98. The van der Waals surface area contributed by atoms with Gasteiger partial charge in [0.25, 0.3) is 0 Å². The standard InChI is InChI=1S/C12H15ClN2/c13-11-9-14-7-6-12(11)15-8-5-10-3-1-2-4-10/h3,6-7,9H,1-2,4-5,8H2,(H,14,15). The Labute approximate surface area is 95.4 Å². The maximum absolute atomic E-state index is 5.98. The van der Waals surface area contributed by atoms with Crippen LogP contribution in [0.1, 0.15) is 25.7 Å². The van der Waals surface area contributed by atoms with Crippen molar-refractivity contribution >= 4 is 17.3 Å². The molecule has 1 heterocycles. The molecule has 0 bridgehead atoms. The molecular formula is C12H15ClN2. The predicted molar refractivity (Wildman–Crippen MR) is 64.3 cm³/mol. The zero-order valence-electron chi connectivity index (χ0n) is 8.67. The number of anilines is 1. The van der Waals surface area contributed by atoms with E-state index in [9.17, 15) is 0 Å². The van der Waals surface area contributed by atoms with E-state index in [2.05, 4.69) is 16.4 Å². The van der Waals surface area contributed by atoms with Crippen molar-refractivity contribution in [2.24, 2.45) is 0 Å². The van der Waals surface area contributed by atoms with Crippen LogP contribution < -0.4 is 5.32 Å². The van der Waals surface area contributed by atoms with E-state index in [1.165, 1.54) is 19.3 Å². The number of aromatic nitrogens is 1. The van der Waals surface area contributed by atoms with Crippen LogP contribution in [0.5, 0.6) is 0 Å². The first kappa shape index (κ1) is 10.5. The minimum atomic E-state index is 0.693. The van der Waals surface area contributed by atoms with Crippen molar-refractivity contribution in [2.75, 3.05) is 11.9 Å². The molecule has 1 N–H and O–H groups in total. The van der Waals surface area contributed by atoms with Crippen molar-refractivity contribution < 1.29 is 0 Å². The van der Waals surface area contributed by atoms with Crippen LogP contribution in [0.3, 0.4) is 0 Å². The van der Waals surface area contributed by atoms with Crippen LogP contribution in [0.2, 0.25) is 5.02 Å². The van der Waals surface area contributed by atoms with Gasteiger partial charge in [-0.1, -0.05) is 23.3 Å². The average Bonchev–Trinajstić information content (AvgIpc) is 2.74. The Bertz CT molecular complexity index is 360. The molecule has 1 aromatic rings. The molecule has 80 valence electrons. The van der Waals surface area contributed by atoms with Gasteiger partial charge in [0.1, 0.15) is 0 Å². The molecule has 0 radical (unpaired) electrons. The lowest BCUT2D eigenvalue weighted by Crippen LogP contribution is -2.02. The fourth-order valence-corrected chi connectivity index (χ4v) is 2.03. The fraction of sp³-hybridized carbons (Fsp3) is 0.417. The Balaban J connectivity index is 1.80. The predicted octanol–water partition coefficient (Wildman–Crippen LogP) is 3.65. The fourth-order valence-electron chi connectivity index (χ4n) is 1.84. The van der Waals surface area contributed by atoms with E-state index in [-0.39, 0.29) is 0 Å². The molecule has 0 spiro atoms. The number of rotatable bonds is 4. The number of hydrogen-bond acceptors (Lipinski definition) is 2. The van der Waals surface area contributed by atoms with E-state index < -0.39 is 0 Å². The van der Waals surface area contributed by atoms with Gasteiger partial charge in [0.05, 0.1) is 10.7 Å². The van der Waals surface area contributed by atoms with E-state index >= 15 is 0 Å². The van der Waals surface area contributed by atoms with Gasteiger partial charge in [-0.2, -0.15) is 0 Å². The summed E-state index contributed by atoms with van der Waals surface area (Å²) in [6.07, 6.45) is 10.7. The van der Waals surface area contributed by atoms with Crippen molar-refractivity contribution in [2.45, 2.75) is 25.7 Å². The van der Waals surface area contributed by atoms with Gasteiger partial charge in [-0.25, -0.2) is 0 Å². The van der Waals surface area contributed by atoms with E-state index in [0.717, 1.165) is 18.7 Å². The second kappa shape index (κ2) is 5.17. The highest BCUT2D eigenvalue weighted by atomic mass is 35.5. The highest BCUT2D eigenvalue weighted by Gasteiger charge is 2.04. The normalized spacial score (nSPS) is 15.1. The summed E-state index contributed by atoms with van der Waals surface area (Å²) in [5, 5.41) is 4.02. The van der Waals surface area contributed by atoms with E-state index in [4.69, 9.17) is 11.6 Å². The van der Waals surface area contributed by atoms with Crippen LogP contribution in [-0.4, -0.2) is 11.5 Å². The lowest BCUT2D eigenvalue weighted by atomic mass is 10.2. The summed E-state index contributed by atoms with van der Waals surface area (Å²) in [6.45, 7) is 0.954. The molecule has 0 aliphatic heterocycles. The number of hydrogen-bond donors (Lipinski definition) is 1. The highest BCUT2D eigenvalue weighted by molar-refractivity contribution is 6.33. The Hall–Kier alpha value is -1.02. The van der Waals surface area contributed by atoms with Crippen LogP contribution >= 0.6 is 11.6 Å². The molecule has 0 amide bonds. The first-order chi connectivity index (χ1) is 7.36. The van der Waals surface area contributed by atoms with Crippen LogP contribution in [0.15, 0.2) is 30.1 Å². The molecule has 1 aliphatic rings. The summed E-state index contributed by atoms with van der Waals surface area (Å²) in [7, 11) is 0. The average molecular weight is 223 g/mol.